The molecule has 5 heteroatoms. The van der Waals surface area contributed by atoms with Crippen LogP contribution in [-0.4, -0.2) is 31.3 Å². The minimum Gasteiger partial charge on any atom is -0.497 e. The molecule has 0 aromatic heterocycles. The van der Waals surface area contributed by atoms with Gasteiger partial charge in [0.25, 0.3) is 5.91 Å². The molecule has 15 heavy (non-hydrogen) atoms. The van der Waals surface area contributed by atoms with Crippen molar-refractivity contribution in [1.82, 2.24) is 0 Å². The molecular weight excluding hydrogens is 198 g/mol. The monoisotopic (exact) mass is 211 g/mol. The number of carbonyl (C=O) groups excluding carboxylic acids is 1. The molecule has 82 valence electrons. The second-order valence-corrected chi connectivity index (χ2v) is 2.80. The molecule has 5 nitrogen and oxygen atoms in total. The number of amides is 1. The summed E-state index contributed by atoms with van der Waals surface area (Å²) in [6.45, 7) is -0.00313. The van der Waals surface area contributed by atoms with Crippen LogP contribution in [0.15, 0.2) is 18.2 Å². The highest BCUT2D eigenvalue weighted by Gasteiger charge is 2.10. The molecule has 0 fully saturated rings. The summed E-state index contributed by atoms with van der Waals surface area (Å²) in [6, 6.07) is 4.72. The van der Waals surface area contributed by atoms with E-state index in [0.717, 1.165) is 0 Å². The van der Waals surface area contributed by atoms with E-state index in [-0.39, 0.29) is 18.8 Å². The number of hydrogen-bond acceptors (Lipinski definition) is 4. The Kier molecular flexibility index (Phi) is 3.93. The number of hydrogen-bond donors (Lipinski definition) is 2. The first-order chi connectivity index (χ1) is 7.19. The van der Waals surface area contributed by atoms with Gasteiger partial charge in [-0.1, -0.05) is 0 Å². The van der Waals surface area contributed by atoms with E-state index in [1.165, 1.54) is 13.2 Å². The number of methoxy groups -OCH3 is 1. The number of aliphatic hydroxyl groups is 1. The molecule has 0 aliphatic rings. The van der Waals surface area contributed by atoms with E-state index in [0.29, 0.717) is 11.5 Å². The zero-order chi connectivity index (χ0) is 11.3. The molecule has 0 radical (unpaired) electrons. The first kappa shape index (κ1) is 11.3. The zero-order valence-corrected chi connectivity index (χ0v) is 8.40. The number of carbonyl (C=O) groups is 1. The summed E-state index contributed by atoms with van der Waals surface area (Å²) in [6.07, 6.45) is 0. The first-order valence-corrected chi connectivity index (χ1v) is 4.40. The average Bonchev–Trinajstić information content (AvgIpc) is 2.26. The van der Waals surface area contributed by atoms with Crippen molar-refractivity contribution in [2.75, 3.05) is 20.3 Å². The Morgan fingerprint density at radius 3 is 2.80 bits per heavy atom. The number of primary amides is 1. The van der Waals surface area contributed by atoms with Crippen molar-refractivity contribution in [1.29, 1.82) is 0 Å². The lowest BCUT2D eigenvalue weighted by atomic mass is 10.2. The Labute approximate surface area is 87.4 Å². The molecular formula is C10H13NO4. The second-order valence-electron chi connectivity index (χ2n) is 2.80. The third-order valence-electron chi connectivity index (χ3n) is 1.80. The topological polar surface area (TPSA) is 81.8 Å². The summed E-state index contributed by atoms with van der Waals surface area (Å²) in [5.74, 6) is 0.277. The number of aliphatic hydroxyl groups excluding tert-OH is 1. The lowest BCUT2D eigenvalue weighted by Gasteiger charge is -2.09. The lowest BCUT2D eigenvalue weighted by Crippen LogP contribution is -2.14. The van der Waals surface area contributed by atoms with E-state index in [1.807, 2.05) is 0 Å². The van der Waals surface area contributed by atoms with Gasteiger partial charge in [0, 0.05) is 0 Å². The summed E-state index contributed by atoms with van der Waals surface area (Å²) in [4.78, 5) is 11.1. The molecule has 1 aromatic carbocycles. The Balaban J connectivity index is 2.98. The van der Waals surface area contributed by atoms with Crippen LogP contribution in [0.25, 0.3) is 0 Å². The van der Waals surface area contributed by atoms with Gasteiger partial charge in [0.1, 0.15) is 18.1 Å². The molecule has 0 saturated carbocycles. The van der Waals surface area contributed by atoms with Crippen molar-refractivity contribution in [2.24, 2.45) is 5.73 Å². The number of nitrogens with two attached hydrogens (primary N) is 1. The number of ether oxygens (including phenoxy) is 2. The van der Waals surface area contributed by atoms with Crippen LogP contribution in [0.5, 0.6) is 11.5 Å². The zero-order valence-electron chi connectivity index (χ0n) is 8.40. The average molecular weight is 211 g/mol. The minimum atomic E-state index is -0.596. The highest BCUT2D eigenvalue weighted by atomic mass is 16.5. The van der Waals surface area contributed by atoms with Crippen molar-refractivity contribution in [3.8, 4) is 11.5 Å². The highest BCUT2D eigenvalue weighted by molar-refractivity contribution is 5.96. The van der Waals surface area contributed by atoms with Crippen molar-refractivity contribution in [3.05, 3.63) is 23.8 Å². The van der Waals surface area contributed by atoms with E-state index in [1.54, 1.807) is 12.1 Å². The molecule has 0 spiro atoms. The van der Waals surface area contributed by atoms with Crippen LogP contribution >= 0.6 is 0 Å². The van der Waals surface area contributed by atoms with Gasteiger partial charge < -0.3 is 20.3 Å². The van der Waals surface area contributed by atoms with Gasteiger partial charge in [-0.3, -0.25) is 4.79 Å². The van der Waals surface area contributed by atoms with E-state index in [4.69, 9.17) is 20.3 Å². The van der Waals surface area contributed by atoms with Gasteiger partial charge in [-0.25, -0.2) is 0 Å². The van der Waals surface area contributed by atoms with Gasteiger partial charge in [0.2, 0.25) is 0 Å². The SMILES string of the molecule is COc1ccc(OCCO)c(C(N)=O)c1. The largest absolute Gasteiger partial charge is 0.497 e. The number of rotatable bonds is 5. The van der Waals surface area contributed by atoms with Crippen LogP contribution in [0.1, 0.15) is 10.4 Å². The fraction of sp³-hybridized carbons (Fsp3) is 0.300. The summed E-state index contributed by atoms with van der Waals surface area (Å²) < 4.78 is 10.1. The summed E-state index contributed by atoms with van der Waals surface area (Å²) in [5.41, 5.74) is 5.41. The van der Waals surface area contributed by atoms with Crippen molar-refractivity contribution in [3.63, 3.8) is 0 Å². The number of benzene rings is 1. The van der Waals surface area contributed by atoms with E-state index >= 15 is 0 Å². The maximum atomic E-state index is 11.1. The highest BCUT2D eigenvalue weighted by Crippen LogP contribution is 2.23. The smallest absolute Gasteiger partial charge is 0.252 e. The first-order valence-electron chi connectivity index (χ1n) is 4.40. The Bertz CT molecular complexity index is 351. The Morgan fingerprint density at radius 2 is 2.27 bits per heavy atom. The van der Waals surface area contributed by atoms with Gasteiger partial charge in [0.15, 0.2) is 0 Å². The van der Waals surface area contributed by atoms with Crippen molar-refractivity contribution in [2.45, 2.75) is 0 Å². The molecule has 0 aliphatic carbocycles. The van der Waals surface area contributed by atoms with Crippen molar-refractivity contribution < 1.29 is 19.4 Å². The van der Waals surface area contributed by atoms with Gasteiger partial charge >= 0.3 is 0 Å². The maximum Gasteiger partial charge on any atom is 0.252 e. The molecule has 0 atom stereocenters. The van der Waals surface area contributed by atoms with E-state index < -0.39 is 5.91 Å². The van der Waals surface area contributed by atoms with Gasteiger partial charge in [0.05, 0.1) is 19.3 Å². The standard InChI is InChI=1S/C10H13NO4/c1-14-7-2-3-9(15-5-4-12)8(6-7)10(11)13/h2-3,6,12H,4-5H2,1H3,(H2,11,13). The van der Waals surface area contributed by atoms with Gasteiger partial charge in [-0.15, -0.1) is 0 Å². The van der Waals surface area contributed by atoms with Crippen LogP contribution in [0.3, 0.4) is 0 Å². The fourth-order valence-corrected chi connectivity index (χ4v) is 1.11. The normalized spacial score (nSPS) is 9.73. The van der Waals surface area contributed by atoms with Crippen LogP contribution in [0.4, 0.5) is 0 Å². The molecule has 0 unspecified atom stereocenters. The maximum absolute atomic E-state index is 11.1. The van der Waals surface area contributed by atoms with E-state index in [9.17, 15) is 4.79 Å². The molecule has 1 rings (SSSR count). The van der Waals surface area contributed by atoms with Crippen LogP contribution in [-0.2, 0) is 0 Å². The van der Waals surface area contributed by atoms with Crippen molar-refractivity contribution >= 4 is 5.91 Å². The quantitative estimate of drug-likeness (QED) is 0.727. The summed E-state index contributed by atoms with van der Waals surface area (Å²) in [7, 11) is 1.49. The van der Waals surface area contributed by atoms with Crippen LogP contribution in [0, 0.1) is 0 Å². The molecule has 3 N–H and O–H groups in total. The van der Waals surface area contributed by atoms with Gasteiger partial charge in [-0.05, 0) is 18.2 Å². The van der Waals surface area contributed by atoms with Gasteiger partial charge in [-0.2, -0.15) is 0 Å². The molecule has 0 heterocycles. The predicted molar refractivity (Wildman–Crippen MR) is 54.1 cm³/mol. The molecule has 0 bridgehead atoms. The summed E-state index contributed by atoms with van der Waals surface area (Å²) in [5, 5.41) is 8.59. The Hall–Kier alpha value is -1.75. The molecule has 0 aliphatic heterocycles. The van der Waals surface area contributed by atoms with E-state index in [2.05, 4.69) is 0 Å². The fourth-order valence-electron chi connectivity index (χ4n) is 1.11. The molecule has 1 amide bonds. The Morgan fingerprint density at radius 1 is 1.53 bits per heavy atom. The molecule has 0 saturated heterocycles. The second kappa shape index (κ2) is 5.21. The third kappa shape index (κ3) is 2.85. The summed E-state index contributed by atoms with van der Waals surface area (Å²) >= 11 is 0. The minimum absolute atomic E-state index is 0.118. The van der Waals surface area contributed by atoms with Crippen LogP contribution < -0.4 is 15.2 Å². The van der Waals surface area contributed by atoms with Crippen LogP contribution in [0.2, 0.25) is 0 Å². The third-order valence-corrected chi connectivity index (χ3v) is 1.80. The predicted octanol–water partition coefficient (Wildman–Crippen LogP) is 0.165. The molecule has 1 aromatic rings. The lowest BCUT2D eigenvalue weighted by molar-refractivity contribution is 0.0994.